The predicted octanol–water partition coefficient (Wildman–Crippen LogP) is 8.00. The molecule has 0 saturated heterocycles. The highest BCUT2D eigenvalue weighted by Gasteiger charge is 1.98. The number of hydrogen-bond donors (Lipinski definition) is 0. The van der Waals surface area contributed by atoms with E-state index in [-0.39, 0.29) is 0 Å². The molecule has 0 aromatic carbocycles. The molecule has 0 amide bonds. The first-order chi connectivity index (χ1) is 10.3. The Bertz CT molecular complexity index is 177. The summed E-state index contributed by atoms with van der Waals surface area (Å²) in [6.45, 7) is 7.87. The molecule has 126 valence electrons. The average molecular weight is 294 g/mol. The zero-order chi connectivity index (χ0) is 15.6. The van der Waals surface area contributed by atoms with E-state index in [0.717, 1.165) is 6.71 Å². The SMILES string of the molecule is CCCCCCCCCCCCCCCCCCB(C)C. The summed E-state index contributed by atoms with van der Waals surface area (Å²) >= 11 is 0. The fraction of sp³-hybridized carbons (Fsp3) is 1.00. The van der Waals surface area contributed by atoms with Crippen LogP contribution in [0.4, 0.5) is 0 Å². The van der Waals surface area contributed by atoms with Crippen molar-refractivity contribution in [3.8, 4) is 0 Å². The molecule has 0 heterocycles. The van der Waals surface area contributed by atoms with E-state index in [9.17, 15) is 0 Å². The molecule has 0 aromatic rings. The van der Waals surface area contributed by atoms with Gasteiger partial charge in [0.25, 0.3) is 0 Å². The Labute approximate surface area is 136 Å². The van der Waals surface area contributed by atoms with Gasteiger partial charge in [-0.25, -0.2) is 0 Å². The lowest BCUT2D eigenvalue weighted by atomic mass is 9.51. The van der Waals surface area contributed by atoms with Crippen LogP contribution in [0.3, 0.4) is 0 Å². The molecule has 0 spiro atoms. The third kappa shape index (κ3) is 20.1. The van der Waals surface area contributed by atoms with Crippen molar-refractivity contribution in [3.63, 3.8) is 0 Å². The summed E-state index contributed by atoms with van der Waals surface area (Å²) in [5, 5.41) is 0. The lowest BCUT2D eigenvalue weighted by Crippen LogP contribution is -1.97. The van der Waals surface area contributed by atoms with Crippen molar-refractivity contribution in [2.45, 2.75) is 130 Å². The van der Waals surface area contributed by atoms with Crippen LogP contribution < -0.4 is 0 Å². The summed E-state index contributed by atoms with van der Waals surface area (Å²) in [7, 11) is 0. The van der Waals surface area contributed by atoms with E-state index in [2.05, 4.69) is 20.6 Å². The van der Waals surface area contributed by atoms with Gasteiger partial charge in [-0.05, 0) is 0 Å². The van der Waals surface area contributed by atoms with Crippen LogP contribution >= 0.6 is 0 Å². The number of unbranched alkanes of at least 4 members (excludes halogenated alkanes) is 15. The summed E-state index contributed by atoms with van der Waals surface area (Å²) in [6.07, 6.45) is 25.0. The van der Waals surface area contributed by atoms with Crippen LogP contribution in [0.5, 0.6) is 0 Å². The molecular weight excluding hydrogens is 251 g/mol. The smallest absolute Gasteiger partial charge is 0.0863 e. The normalized spacial score (nSPS) is 11.0. The van der Waals surface area contributed by atoms with E-state index in [4.69, 9.17) is 0 Å². The van der Waals surface area contributed by atoms with Crippen LogP contribution in [-0.2, 0) is 0 Å². The predicted molar refractivity (Wildman–Crippen MR) is 102 cm³/mol. The second kappa shape index (κ2) is 18.1. The Hall–Kier alpha value is 0.0649. The molecule has 0 aliphatic rings. The molecule has 0 aliphatic heterocycles. The molecule has 0 radical (unpaired) electrons. The maximum absolute atomic E-state index is 2.34. The summed E-state index contributed by atoms with van der Waals surface area (Å²) in [4.78, 5) is 0. The molecule has 0 N–H and O–H groups in total. The van der Waals surface area contributed by atoms with E-state index < -0.39 is 0 Å². The molecular formula is C20H43B. The molecule has 0 fully saturated rings. The van der Waals surface area contributed by atoms with Gasteiger partial charge in [-0.3, -0.25) is 0 Å². The van der Waals surface area contributed by atoms with Crippen molar-refractivity contribution in [1.29, 1.82) is 0 Å². The minimum atomic E-state index is 0.900. The van der Waals surface area contributed by atoms with Gasteiger partial charge in [-0.2, -0.15) is 0 Å². The maximum atomic E-state index is 2.34. The zero-order valence-electron chi connectivity index (χ0n) is 15.6. The molecule has 0 atom stereocenters. The summed E-state index contributed by atoms with van der Waals surface area (Å²) < 4.78 is 0. The Kier molecular flexibility index (Phi) is 18.2. The highest BCUT2D eigenvalue weighted by molar-refractivity contribution is 6.55. The monoisotopic (exact) mass is 294 g/mol. The first-order valence-electron chi connectivity index (χ1n) is 10.3. The average Bonchev–Trinajstić information content (AvgIpc) is 2.46. The maximum Gasteiger partial charge on any atom is 0.133 e. The van der Waals surface area contributed by atoms with Crippen molar-refractivity contribution in [3.05, 3.63) is 0 Å². The van der Waals surface area contributed by atoms with Crippen molar-refractivity contribution < 1.29 is 0 Å². The molecule has 0 bridgehead atoms. The third-order valence-corrected chi connectivity index (χ3v) is 4.64. The van der Waals surface area contributed by atoms with Gasteiger partial charge in [0.2, 0.25) is 0 Å². The second-order valence-corrected chi connectivity index (χ2v) is 7.49. The highest BCUT2D eigenvalue weighted by Crippen LogP contribution is 2.14. The van der Waals surface area contributed by atoms with Gasteiger partial charge in [0.1, 0.15) is 6.71 Å². The number of rotatable bonds is 17. The van der Waals surface area contributed by atoms with Crippen molar-refractivity contribution >= 4 is 6.71 Å². The molecule has 0 aromatic heterocycles. The van der Waals surface area contributed by atoms with Crippen LogP contribution in [-0.4, -0.2) is 6.71 Å². The minimum absolute atomic E-state index is 0.900. The van der Waals surface area contributed by atoms with Gasteiger partial charge >= 0.3 is 0 Å². The van der Waals surface area contributed by atoms with Crippen LogP contribution in [0.2, 0.25) is 20.0 Å². The molecule has 0 saturated carbocycles. The Morgan fingerprint density at radius 2 is 0.714 bits per heavy atom. The van der Waals surface area contributed by atoms with Crippen molar-refractivity contribution in [2.75, 3.05) is 0 Å². The first kappa shape index (κ1) is 21.1. The topological polar surface area (TPSA) is 0 Å². The summed E-state index contributed by atoms with van der Waals surface area (Å²) in [5.74, 6) is 0. The number of hydrogen-bond acceptors (Lipinski definition) is 0. The van der Waals surface area contributed by atoms with Gasteiger partial charge in [-0.1, -0.05) is 130 Å². The molecule has 0 unspecified atom stereocenters. The molecule has 21 heavy (non-hydrogen) atoms. The molecule has 0 rings (SSSR count). The Balaban J connectivity index is 2.93. The lowest BCUT2D eigenvalue weighted by molar-refractivity contribution is 0.531. The van der Waals surface area contributed by atoms with E-state index in [0.29, 0.717) is 0 Å². The van der Waals surface area contributed by atoms with Crippen molar-refractivity contribution in [1.82, 2.24) is 0 Å². The fourth-order valence-electron chi connectivity index (χ4n) is 3.10. The Morgan fingerprint density at radius 1 is 0.429 bits per heavy atom. The van der Waals surface area contributed by atoms with E-state index in [1.54, 1.807) is 0 Å². The standard InChI is InChI=1S/C20H43B/c1-4-5-6-7-8-9-10-11-12-13-14-15-16-17-18-19-20-21(2)3/h4-20H2,1-3H3. The molecule has 1 heteroatoms. The van der Waals surface area contributed by atoms with E-state index in [1.165, 1.54) is 109 Å². The first-order valence-corrected chi connectivity index (χ1v) is 10.3. The van der Waals surface area contributed by atoms with E-state index >= 15 is 0 Å². The molecule has 0 aliphatic carbocycles. The summed E-state index contributed by atoms with van der Waals surface area (Å²) in [5.41, 5.74) is 0. The van der Waals surface area contributed by atoms with Gasteiger partial charge in [0.05, 0.1) is 0 Å². The van der Waals surface area contributed by atoms with Gasteiger partial charge in [0.15, 0.2) is 0 Å². The van der Waals surface area contributed by atoms with Crippen LogP contribution in [0.1, 0.15) is 110 Å². The minimum Gasteiger partial charge on any atom is -0.0863 e. The van der Waals surface area contributed by atoms with Crippen LogP contribution in [0, 0.1) is 0 Å². The molecule has 0 nitrogen and oxygen atoms in total. The van der Waals surface area contributed by atoms with Crippen molar-refractivity contribution in [2.24, 2.45) is 0 Å². The van der Waals surface area contributed by atoms with Crippen LogP contribution in [0.15, 0.2) is 0 Å². The zero-order valence-corrected chi connectivity index (χ0v) is 15.6. The van der Waals surface area contributed by atoms with Gasteiger partial charge in [0, 0.05) is 0 Å². The lowest BCUT2D eigenvalue weighted by Gasteiger charge is -2.04. The summed E-state index contributed by atoms with van der Waals surface area (Å²) in [6, 6.07) is 0. The third-order valence-electron chi connectivity index (χ3n) is 4.64. The van der Waals surface area contributed by atoms with Gasteiger partial charge in [-0.15, -0.1) is 0 Å². The fourth-order valence-corrected chi connectivity index (χ4v) is 3.10. The Morgan fingerprint density at radius 3 is 1.00 bits per heavy atom. The second-order valence-electron chi connectivity index (χ2n) is 7.49. The van der Waals surface area contributed by atoms with E-state index in [1.807, 2.05) is 0 Å². The quantitative estimate of drug-likeness (QED) is 0.188. The van der Waals surface area contributed by atoms with Crippen LogP contribution in [0.25, 0.3) is 0 Å². The largest absolute Gasteiger partial charge is 0.133 e. The highest BCUT2D eigenvalue weighted by atomic mass is 14.0. The van der Waals surface area contributed by atoms with Gasteiger partial charge < -0.3 is 0 Å².